The molecule has 2 rings (SSSR count). The van der Waals surface area contributed by atoms with Gasteiger partial charge in [0, 0.05) is 6.61 Å². The van der Waals surface area contributed by atoms with Crippen molar-refractivity contribution in [1.82, 2.24) is 0 Å². The Morgan fingerprint density at radius 1 is 1.15 bits per heavy atom. The van der Waals surface area contributed by atoms with Crippen LogP contribution < -0.4 is 0 Å². The molecule has 0 spiro atoms. The second kappa shape index (κ2) is 5.64. The van der Waals surface area contributed by atoms with E-state index in [1.165, 1.54) is 0 Å². The van der Waals surface area contributed by atoms with Gasteiger partial charge in [-0.05, 0) is 39.0 Å². The molecule has 116 valence electrons. The Morgan fingerprint density at radius 2 is 1.80 bits per heavy atom. The normalized spacial score (nSPS) is 22.3. The van der Waals surface area contributed by atoms with Gasteiger partial charge in [-0.3, -0.25) is 4.79 Å². The Bertz CT molecular complexity index is 460. The van der Waals surface area contributed by atoms with Gasteiger partial charge in [-0.15, -0.1) is 0 Å². The second-order valence-corrected chi connectivity index (χ2v) is 8.46. The van der Waals surface area contributed by atoms with Gasteiger partial charge < -0.3 is 9.47 Å². The molecule has 0 unspecified atom stereocenters. The zero-order chi connectivity index (χ0) is 14.9. The lowest BCUT2D eigenvalue weighted by Crippen LogP contribution is -2.44. The van der Waals surface area contributed by atoms with Crippen molar-refractivity contribution in [3.63, 3.8) is 0 Å². The lowest BCUT2D eigenvalue weighted by molar-refractivity contribution is -0.143. The van der Waals surface area contributed by atoms with E-state index in [1.54, 1.807) is 6.92 Å². The molecule has 0 radical (unpaired) electrons. The molecule has 0 saturated heterocycles. The number of rotatable bonds is 9. The van der Waals surface area contributed by atoms with Crippen molar-refractivity contribution in [3.05, 3.63) is 0 Å². The number of hydrogen-bond acceptors (Lipinski definition) is 5. The van der Waals surface area contributed by atoms with Crippen LogP contribution in [0.3, 0.4) is 0 Å². The van der Waals surface area contributed by atoms with E-state index in [9.17, 15) is 13.2 Å². The van der Waals surface area contributed by atoms with E-state index < -0.39 is 25.3 Å². The first-order chi connectivity index (χ1) is 9.46. The fraction of sp³-hybridized carbons (Fsp3) is 0.929. The lowest BCUT2D eigenvalue weighted by Gasteiger charge is -2.22. The summed E-state index contributed by atoms with van der Waals surface area (Å²) in [5, 5.41) is 0. The topological polar surface area (TPSA) is 69.7 Å². The third kappa shape index (κ3) is 2.48. The first-order valence-corrected chi connectivity index (χ1v) is 8.93. The molecule has 2 aliphatic rings. The molecule has 2 aliphatic carbocycles. The number of carbonyl (C=O) groups is 1. The highest BCUT2D eigenvalue weighted by molar-refractivity contribution is 7.95. The van der Waals surface area contributed by atoms with E-state index in [2.05, 4.69) is 6.92 Å². The van der Waals surface area contributed by atoms with Gasteiger partial charge in [0.2, 0.25) is 0 Å². The first-order valence-electron chi connectivity index (χ1n) is 7.45. The quantitative estimate of drug-likeness (QED) is 0.480. The van der Waals surface area contributed by atoms with Crippen molar-refractivity contribution in [2.45, 2.75) is 61.9 Å². The number of sulfone groups is 1. The highest BCUT2D eigenvalue weighted by atomic mass is 32.2. The number of ether oxygens (including phenoxy) is 2. The summed E-state index contributed by atoms with van der Waals surface area (Å²) in [4.78, 5) is 12.0. The van der Waals surface area contributed by atoms with Crippen molar-refractivity contribution in [3.8, 4) is 0 Å². The average Bonchev–Trinajstić information content (AvgIpc) is 3.28. The molecule has 0 aromatic carbocycles. The fourth-order valence-electron chi connectivity index (χ4n) is 2.51. The molecule has 0 bridgehead atoms. The van der Waals surface area contributed by atoms with E-state index >= 15 is 0 Å². The summed E-state index contributed by atoms with van der Waals surface area (Å²) in [7, 11) is -3.52. The summed E-state index contributed by atoms with van der Waals surface area (Å²) >= 11 is 0. The van der Waals surface area contributed by atoms with Crippen LogP contribution in [0.2, 0.25) is 0 Å². The van der Waals surface area contributed by atoms with Crippen molar-refractivity contribution in [2.75, 3.05) is 19.8 Å². The van der Waals surface area contributed by atoms with E-state index in [0.717, 1.165) is 12.8 Å². The maximum atomic E-state index is 12.8. The summed E-state index contributed by atoms with van der Waals surface area (Å²) in [6.07, 6.45) is 3.94. The third-order valence-corrected chi connectivity index (χ3v) is 7.52. The van der Waals surface area contributed by atoms with Crippen molar-refractivity contribution < 1.29 is 22.7 Å². The van der Waals surface area contributed by atoms with Gasteiger partial charge >= 0.3 is 5.97 Å². The molecule has 0 amide bonds. The number of unbranched alkanes of at least 4 members (excludes halogenated alkanes) is 1. The highest BCUT2D eigenvalue weighted by Crippen LogP contribution is 2.57. The van der Waals surface area contributed by atoms with E-state index in [0.29, 0.717) is 32.3 Å². The number of carbonyl (C=O) groups excluding carboxylic acids is 1. The van der Waals surface area contributed by atoms with Gasteiger partial charge in [0.05, 0.1) is 18.0 Å². The van der Waals surface area contributed by atoms with Gasteiger partial charge in [-0.25, -0.2) is 8.42 Å². The molecule has 0 aromatic heterocycles. The maximum Gasteiger partial charge on any atom is 0.327 e. The lowest BCUT2D eigenvalue weighted by atomic mass is 10.3. The molecular weight excluding hydrogens is 280 g/mol. The third-order valence-electron chi connectivity index (χ3n) is 4.25. The molecule has 0 aliphatic heterocycles. The van der Waals surface area contributed by atoms with E-state index in [4.69, 9.17) is 9.47 Å². The van der Waals surface area contributed by atoms with Crippen LogP contribution in [0.15, 0.2) is 0 Å². The molecule has 20 heavy (non-hydrogen) atoms. The van der Waals surface area contributed by atoms with Crippen LogP contribution in [0.4, 0.5) is 0 Å². The zero-order valence-corrected chi connectivity index (χ0v) is 13.1. The van der Waals surface area contributed by atoms with Gasteiger partial charge in [-0.2, -0.15) is 0 Å². The monoisotopic (exact) mass is 304 g/mol. The van der Waals surface area contributed by atoms with Crippen molar-refractivity contribution in [2.24, 2.45) is 0 Å². The highest BCUT2D eigenvalue weighted by Gasteiger charge is 2.71. The SMILES string of the molecule is CCCCOCC1(S(=O)(=O)C2(C(=O)OCC)CC2)CC1. The molecule has 0 aromatic rings. The van der Waals surface area contributed by atoms with Gasteiger partial charge in [0.15, 0.2) is 14.6 Å². The molecule has 5 nitrogen and oxygen atoms in total. The molecule has 6 heteroatoms. The summed E-state index contributed by atoms with van der Waals surface area (Å²) < 4.78 is 34.0. The molecule has 2 fully saturated rings. The first kappa shape index (κ1) is 15.8. The molecule has 2 saturated carbocycles. The molecular formula is C14H24O5S. The predicted octanol–water partition coefficient (Wildman–Crippen LogP) is 1.85. The van der Waals surface area contributed by atoms with Crippen molar-refractivity contribution in [1.29, 1.82) is 0 Å². The Balaban J connectivity index is 2.05. The van der Waals surface area contributed by atoms with Crippen LogP contribution in [0.5, 0.6) is 0 Å². The van der Waals surface area contributed by atoms with Gasteiger partial charge in [-0.1, -0.05) is 13.3 Å². The minimum absolute atomic E-state index is 0.218. The van der Waals surface area contributed by atoms with Crippen LogP contribution in [0, 0.1) is 0 Å². The van der Waals surface area contributed by atoms with E-state index in [-0.39, 0.29) is 13.2 Å². The Kier molecular flexibility index (Phi) is 4.44. The van der Waals surface area contributed by atoms with Crippen LogP contribution in [0.25, 0.3) is 0 Å². The maximum absolute atomic E-state index is 12.8. The minimum atomic E-state index is -3.52. The molecule has 0 atom stereocenters. The smallest absolute Gasteiger partial charge is 0.327 e. The summed E-state index contributed by atoms with van der Waals surface area (Å²) in [6.45, 7) is 4.78. The number of hydrogen-bond donors (Lipinski definition) is 0. The number of esters is 1. The van der Waals surface area contributed by atoms with Crippen LogP contribution >= 0.6 is 0 Å². The second-order valence-electron chi connectivity index (χ2n) is 5.81. The van der Waals surface area contributed by atoms with Crippen LogP contribution in [-0.4, -0.2) is 43.7 Å². The van der Waals surface area contributed by atoms with E-state index in [1.807, 2.05) is 0 Å². The average molecular weight is 304 g/mol. The summed E-state index contributed by atoms with van der Waals surface area (Å²) in [6, 6.07) is 0. The zero-order valence-electron chi connectivity index (χ0n) is 12.3. The Labute approximate surface area is 120 Å². The van der Waals surface area contributed by atoms with Crippen LogP contribution in [0.1, 0.15) is 52.4 Å². The molecule has 0 N–H and O–H groups in total. The molecule has 0 heterocycles. The minimum Gasteiger partial charge on any atom is -0.465 e. The Hall–Kier alpha value is -0.620. The van der Waals surface area contributed by atoms with Gasteiger partial charge in [0.25, 0.3) is 0 Å². The largest absolute Gasteiger partial charge is 0.465 e. The fourth-order valence-corrected chi connectivity index (χ4v) is 5.13. The standard InChI is InChI=1S/C14H24O5S/c1-3-5-10-18-11-13(6-7-13)20(16,17)14(8-9-14)12(15)19-4-2/h3-11H2,1-2H3. The summed E-state index contributed by atoms with van der Waals surface area (Å²) in [5.41, 5.74) is 0. The van der Waals surface area contributed by atoms with Crippen molar-refractivity contribution >= 4 is 15.8 Å². The van der Waals surface area contributed by atoms with Crippen LogP contribution in [-0.2, 0) is 24.1 Å². The summed E-state index contributed by atoms with van der Waals surface area (Å²) in [5.74, 6) is -0.570. The van der Waals surface area contributed by atoms with Gasteiger partial charge in [0.1, 0.15) is 0 Å². The predicted molar refractivity (Wildman–Crippen MR) is 75.2 cm³/mol. The Morgan fingerprint density at radius 3 is 2.25 bits per heavy atom.